The van der Waals surface area contributed by atoms with Crippen molar-refractivity contribution in [3.8, 4) is 11.3 Å². The first-order chi connectivity index (χ1) is 12.7. The summed E-state index contributed by atoms with van der Waals surface area (Å²) in [6.07, 6.45) is 2.65. The third-order valence-corrected chi connectivity index (χ3v) is 6.25. The zero-order valence-electron chi connectivity index (χ0n) is 14.1. The molecule has 3 aromatic rings. The topological polar surface area (TPSA) is 55.5 Å². The standard InChI is InChI=1S/C20H18N2O3S/c23-18-6-5-15(16-3-1-7-25-16)19-14-9-13(11-22(18)19)10-21(12-14)20(24)17-4-2-8-26-17/h1-8,13-14H,9-12H2. The van der Waals surface area contributed by atoms with Gasteiger partial charge in [0.1, 0.15) is 5.76 Å². The Morgan fingerprint density at radius 1 is 1.12 bits per heavy atom. The van der Waals surface area contributed by atoms with Gasteiger partial charge in [-0.25, -0.2) is 0 Å². The Morgan fingerprint density at radius 2 is 2.04 bits per heavy atom. The lowest BCUT2D eigenvalue weighted by Gasteiger charge is -2.43. The summed E-state index contributed by atoms with van der Waals surface area (Å²) in [6.45, 7) is 2.02. The number of carbonyl (C=O) groups is 1. The molecule has 6 heteroatoms. The van der Waals surface area contributed by atoms with E-state index in [0.717, 1.165) is 28.3 Å². The SMILES string of the molecule is O=C(c1cccs1)N1CC2CC(C1)c1c(-c3ccco3)ccc(=O)n1C2. The van der Waals surface area contributed by atoms with E-state index in [9.17, 15) is 9.59 Å². The molecule has 26 heavy (non-hydrogen) atoms. The molecule has 0 saturated carbocycles. The predicted molar refractivity (Wildman–Crippen MR) is 99.5 cm³/mol. The van der Waals surface area contributed by atoms with Gasteiger partial charge in [-0.1, -0.05) is 6.07 Å². The number of likely N-dealkylation sites (tertiary alicyclic amines) is 1. The van der Waals surface area contributed by atoms with E-state index in [-0.39, 0.29) is 17.4 Å². The molecule has 1 amide bonds. The van der Waals surface area contributed by atoms with E-state index in [0.29, 0.717) is 25.6 Å². The number of piperidine rings is 1. The summed E-state index contributed by atoms with van der Waals surface area (Å²) in [6, 6.07) is 11.0. The number of rotatable bonds is 2. The fourth-order valence-electron chi connectivity index (χ4n) is 4.38. The first kappa shape index (κ1) is 15.6. The van der Waals surface area contributed by atoms with Crippen molar-refractivity contribution in [2.24, 2.45) is 5.92 Å². The molecule has 1 fully saturated rings. The number of aromatic nitrogens is 1. The monoisotopic (exact) mass is 366 g/mol. The Labute approximate surface area is 154 Å². The zero-order chi connectivity index (χ0) is 17.7. The van der Waals surface area contributed by atoms with Gasteiger partial charge in [0.2, 0.25) is 0 Å². The van der Waals surface area contributed by atoms with Crippen molar-refractivity contribution in [2.75, 3.05) is 13.1 Å². The number of pyridine rings is 1. The van der Waals surface area contributed by atoms with Crippen molar-refractivity contribution in [3.63, 3.8) is 0 Å². The summed E-state index contributed by atoms with van der Waals surface area (Å²) >= 11 is 1.48. The van der Waals surface area contributed by atoms with Crippen LogP contribution < -0.4 is 5.56 Å². The van der Waals surface area contributed by atoms with Crippen LogP contribution in [0, 0.1) is 5.92 Å². The minimum absolute atomic E-state index is 0.0306. The third-order valence-electron chi connectivity index (χ3n) is 5.40. The van der Waals surface area contributed by atoms with Gasteiger partial charge in [0, 0.05) is 42.9 Å². The maximum absolute atomic E-state index is 12.8. The molecule has 2 unspecified atom stereocenters. The molecule has 2 atom stereocenters. The molecule has 0 spiro atoms. The molecular weight excluding hydrogens is 348 g/mol. The highest BCUT2D eigenvalue weighted by Gasteiger charge is 2.38. The van der Waals surface area contributed by atoms with Crippen molar-refractivity contribution in [1.82, 2.24) is 9.47 Å². The second-order valence-corrected chi connectivity index (χ2v) is 7.99. The molecule has 2 aliphatic heterocycles. The first-order valence-electron chi connectivity index (χ1n) is 8.81. The van der Waals surface area contributed by atoms with Crippen molar-refractivity contribution >= 4 is 17.2 Å². The number of hydrogen-bond acceptors (Lipinski definition) is 4. The normalized spacial score (nSPS) is 21.5. The van der Waals surface area contributed by atoms with Gasteiger partial charge in [0.25, 0.3) is 11.5 Å². The van der Waals surface area contributed by atoms with Crippen LogP contribution in [0.2, 0.25) is 0 Å². The average molecular weight is 366 g/mol. The minimum atomic E-state index is 0.0306. The number of amides is 1. The Balaban J connectivity index is 1.56. The van der Waals surface area contributed by atoms with Gasteiger partial charge in [-0.3, -0.25) is 9.59 Å². The van der Waals surface area contributed by atoms with Crippen molar-refractivity contribution in [2.45, 2.75) is 18.9 Å². The second kappa shape index (κ2) is 5.99. The Hall–Kier alpha value is -2.60. The van der Waals surface area contributed by atoms with E-state index in [1.54, 1.807) is 12.3 Å². The van der Waals surface area contributed by atoms with Crippen LogP contribution in [0.4, 0.5) is 0 Å². The molecule has 0 aliphatic carbocycles. The molecule has 5 heterocycles. The van der Waals surface area contributed by atoms with Gasteiger partial charge in [-0.2, -0.15) is 0 Å². The fraction of sp³-hybridized carbons (Fsp3) is 0.300. The van der Waals surface area contributed by atoms with Crippen LogP contribution in [-0.4, -0.2) is 28.5 Å². The summed E-state index contributed by atoms with van der Waals surface area (Å²) in [5, 5.41) is 1.93. The van der Waals surface area contributed by atoms with E-state index in [2.05, 4.69) is 0 Å². The molecular formula is C20H18N2O3S. The van der Waals surface area contributed by atoms with E-state index < -0.39 is 0 Å². The van der Waals surface area contributed by atoms with E-state index >= 15 is 0 Å². The highest BCUT2D eigenvalue weighted by atomic mass is 32.1. The zero-order valence-corrected chi connectivity index (χ0v) is 14.9. The fourth-order valence-corrected chi connectivity index (χ4v) is 5.07. The summed E-state index contributed by atoms with van der Waals surface area (Å²) in [7, 11) is 0. The predicted octanol–water partition coefficient (Wildman–Crippen LogP) is 3.43. The number of nitrogens with zero attached hydrogens (tertiary/aromatic N) is 2. The van der Waals surface area contributed by atoms with Gasteiger partial charge >= 0.3 is 0 Å². The van der Waals surface area contributed by atoms with Crippen LogP contribution in [0.1, 0.15) is 27.7 Å². The van der Waals surface area contributed by atoms with Gasteiger partial charge in [0.05, 0.1) is 11.1 Å². The summed E-state index contributed by atoms with van der Waals surface area (Å²) in [5.74, 6) is 1.34. The molecule has 3 aromatic heterocycles. The lowest BCUT2D eigenvalue weighted by Crippen LogP contribution is -2.49. The Kier molecular flexibility index (Phi) is 3.60. The second-order valence-electron chi connectivity index (χ2n) is 7.04. The Morgan fingerprint density at radius 3 is 2.81 bits per heavy atom. The van der Waals surface area contributed by atoms with Crippen LogP contribution in [0.3, 0.4) is 0 Å². The molecule has 5 rings (SSSR count). The molecule has 132 valence electrons. The quantitative estimate of drug-likeness (QED) is 0.698. The van der Waals surface area contributed by atoms with Crippen LogP contribution >= 0.6 is 11.3 Å². The van der Waals surface area contributed by atoms with Gasteiger partial charge in [-0.05, 0) is 42.0 Å². The van der Waals surface area contributed by atoms with Gasteiger partial charge < -0.3 is 13.9 Å². The number of thiophene rings is 1. The molecule has 5 nitrogen and oxygen atoms in total. The smallest absolute Gasteiger partial charge is 0.263 e. The van der Waals surface area contributed by atoms with Crippen LogP contribution in [0.25, 0.3) is 11.3 Å². The molecule has 0 radical (unpaired) electrons. The van der Waals surface area contributed by atoms with Crippen molar-refractivity contribution < 1.29 is 9.21 Å². The molecule has 2 aliphatic rings. The van der Waals surface area contributed by atoms with E-state index in [4.69, 9.17) is 4.42 Å². The molecule has 2 bridgehead atoms. The van der Waals surface area contributed by atoms with Gasteiger partial charge in [-0.15, -0.1) is 11.3 Å². The maximum atomic E-state index is 12.8. The number of hydrogen-bond donors (Lipinski definition) is 0. The molecule has 1 saturated heterocycles. The number of fused-ring (bicyclic) bond motifs is 4. The highest BCUT2D eigenvalue weighted by Crippen LogP contribution is 2.40. The van der Waals surface area contributed by atoms with E-state index in [1.807, 2.05) is 45.2 Å². The Bertz CT molecular complexity index is 1000. The third kappa shape index (κ3) is 2.44. The lowest BCUT2D eigenvalue weighted by atomic mass is 9.81. The lowest BCUT2D eigenvalue weighted by molar-refractivity contribution is 0.0600. The largest absolute Gasteiger partial charge is 0.464 e. The minimum Gasteiger partial charge on any atom is -0.464 e. The van der Waals surface area contributed by atoms with Crippen LogP contribution in [0.15, 0.2) is 57.3 Å². The molecule has 0 aromatic carbocycles. The van der Waals surface area contributed by atoms with Gasteiger partial charge in [0.15, 0.2) is 0 Å². The maximum Gasteiger partial charge on any atom is 0.263 e. The van der Waals surface area contributed by atoms with Crippen molar-refractivity contribution in [3.05, 3.63) is 69.0 Å². The summed E-state index contributed by atoms with van der Waals surface area (Å²) in [5.41, 5.74) is 2.00. The van der Waals surface area contributed by atoms with Crippen LogP contribution in [-0.2, 0) is 6.54 Å². The van der Waals surface area contributed by atoms with Crippen LogP contribution in [0.5, 0.6) is 0 Å². The number of furan rings is 1. The highest BCUT2D eigenvalue weighted by molar-refractivity contribution is 7.12. The number of carbonyl (C=O) groups excluding carboxylic acids is 1. The summed E-state index contributed by atoms with van der Waals surface area (Å²) in [4.78, 5) is 28.0. The summed E-state index contributed by atoms with van der Waals surface area (Å²) < 4.78 is 7.49. The van der Waals surface area contributed by atoms with E-state index in [1.165, 1.54) is 11.3 Å². The molecule has 0 N–H and O–H groups in total. The van der Waals surface area contributed by atoms with Crippen molar-refractivity contribution in [1.29, 1.82) is 0 Å². The first-order valence-corrected chi connectivity index (χ1v) is 9.69. The average Bonchev–Trinajstić information content (AvgIpc) is 3.35.